The summed E-state index contributed by atoms with van der Waals surface area (Å²) in [4.78, 5) is 12.8. The van der Waals surface area contributed by atoms with Crippen LogP contribution in [0.3, 0.4) is 0 Å². The van der Waals surface area contributed by atoms with Gasteiger partial charge in [0.25, 0.3) is 0 Å². The van der Waals surface area contributed by atoms with Crippen molar-refractivity contribution in [1.29, 1.82) is 0 Å². The summed E-state index contributed by atoms with van der Waals surface area (Å²) in [6.07, 6.45) is 0.458. The molecular formula is C13H17ClN2O3S2. The van der Waals surface area contributed by atoms with E-state index in [2.05, 4.69) is 5.32 Å². The Morgan fingerprint density at radius 2 is 2.24 bits per heavy atom. The first kappa shape index (κ1) is 16.5. The van der Waals surface area contributed by atoms with Crippen molar-refractivity contribution in [2.45, 2.75) is 23.8 Å². The minimum absolute atomic E-state index is 0.00407. The van der Waals surface area contributed by atoms with Crippen LogP contribution in [0.15, 0.2) is 23.1 Å². The maximum Gasteiger partial charge on any atom is 0.230 e. The molecule has 1 aliphatic heterocycles. The lowest BCUT2D eigenvalue weighted by atomic mass is 10.0. The Morgan fingerprint density at radius 3 is 2.81 bits per heavy atom. The minimum Gasteiger partial charge on any atom is -0.398 e. The normalized spacial score (nSPS) is 23.9. The molecule has 0 radical (unpaired) electrons. The highest BCUT2D eigenvalue weighted by Crippen LogP contribution is 2.27. The number of thioether (sulfide) groups is 1. The third kappa shape index (κ3) is 4.52. The molecule has 0 spiro atoms. The minimum atomic E-state index is -3.03. The van der Waals surface area contributed by atoms with Gasteiger partial charge in [-0.05, 0) is 31.5 Å². The zero-order chi connectivity index (χ0) is 15.7. The maximum absolute atomic E-state index is 12.0. The molecule has 0 aromatic heterocycles. The molecule has 5 nitrogen and oxygen atoms in total. The number of carbonyl (C=O) groups is 1. The van der Waals surface area contributed by atoms with Gasteiger partial charge in [0.1, 0.15) is 0 Å². The van der Waals surface area contributed by atoms with Gasteiger partial charge in [-0.25, -0.2) is 8.42 Å². The van der Waals surface area contributed by atoms with Gasteiger partial charge in [-0.15, -0.1) is 11.8 Å². The summed E-state index contributed by atoms with van der Waals surface area (Å²) < 4.78 is 23.0. The molecule has 2 rings (SSSR count). The van der Waals surface area contributed by atoms with Crippen molar-refractivity contribution < 1.29 is 13.2 Å². The summed E-state index contributed by atoms with van der Waals surface area (Å²) in [5.74, 6) is 0.150. The predicted octanol–water partition coefficient (Wildman–Crippen LogP) is 1.71. The number of sulfone groups is 1. The zero-order valence-corrected chi connectivity index (χ0v) is 13.9. The van der Waals surface area contributed by atoms with Gasteiger partial charge in [0.05, 0.1) is 33.5 Å². The van der Waals surface area contributed by atoms with E-state index in [1.807, 2.05) is 0 Å². The number of hydrogen-bond acceptors (Lipinski definition) is 5. The highest BCUT2D eigenvalue weighted by Gasteiger charge is 2.39. The number of hydrogen-bond donors (Lipinski definition) is 2. The molecule has 8 heteroatoms. The van der Waals surface area contributed by atoms with Gasteiger partial charge in [0.15, 0.2) is 9.84 Å². The van der Waals surface area contributed by atoms with Crippen molar-refractivity contribution in [3.63, 3.8) is 0 Å². The molecule has 3 N–H and O–H groups in total. The standard InChI is InChI=1S/C13H17ClN2O3S2/c1-13(4-5-21(18,19)8-13)16-12(17)7-20-9-2-3-11(15)10(14)6-9/h2-3,6H,4-5,7-8,15H2,1H3,(H,16,17). The van der Waals surface area contributed by atoms with Gasteiger partial charge < -0.3 is 11.1 Å². The maximum atomic E-state index is 12.0. The fourth-order valence-electron chi connectivity index (χ4n) is 2.23. The van der Waals surface area contributed by atoms with Crippen LogP contribution in [0.1, 0.15) is 13.3 Å². The number of nitrogens with two attached hydrogens (primary N) is 1. The van der Waals surface area contributed by atoms with E-state index < -0.39 is 15.4 Å². The van der Waals surface area contributed by atoms with E-state index >= 15 is 0 Å². The SMILES string of the molecule is CC1(NC(=O)CSc2ccc(N)c(Cl)c2)CCS(=O)(=O)C1. The number of benzene rings is 1. The van der Waals surface area contributed by atoms with E-state index in [0.717, 1.165) is 4.90 Å². The Morgan fingerprint density at radius 1 is 1.52 bits per heavy atom. The van der Waals surface area contributed by atoms with Crippen LogP contribution in [-0.2, 0) is 14.6 Å². The molecule has 116 valence electrons. The number of nitrogen functional groups attached to an aromatic ring is 1. The third-order valence-corrected chi connectivity index (χ3v) is 6.51. The van der Waals surface area contributed by atoms with Crippen LogP contribution in [0, 0.1) is 0 Å². The molecule has 0 bridgehead atoms. The molecule has 1 amide bonds. The van der Waals surface area contributed by atoms with Gasteiger partial charge in [0.2, 0.25) is 5.91 Å². The van der Waals surface area contributed by atoms with Crippen molar-refractivity contribution in [3.05, 3.63) is 23.2 Å². The molecular weight excluding hydrogens is 332 g/mol. The predicted molar refractivity (Wildman–Crippen MR) is 86.4 cm³/mol. The molecule has 1 aromatic rings. The first-order chi connectivity index (χ1) is 9.69. The van der Waals surface area contributed by atoms with Crippen LogP contribution in [0.4, 0.5) is 5.69 Å². The largest absolute Gasteiger partial charge is 0.398 e. The second-order valence-electron chi connectivity index (χ2n) is 5.42. The number of carbonyl (C=O) groups excluding carboxylic acids is 1. The van der Waals surface area contributed by atoms with Crippen LogP contribution in [0.25, 0.3) is 0 Å². The quantitative estimate of drug-likeness (QED) is 0.638. The topological polar surface area (TPSA) is 89.3 Å². The molecule has 0 aliphatic carbocycles. The molecule has 1 unspecified atom stereocenters. The van der Waals surface area contributed by atoms with E-state index in [9.17, 15) is 13.2 Å². The third-order valence-electron chi connectivity index (χ3n) is 3.29. The van der Waals surface area contributed by atoms with Crippen LogP contribution >= 0.6 is 23.4 Å². The summed E-state index contributed by atoms with van der Waals surface area (Å²) in [6, 6.07) is 5.19. The van der Waals surface area contributed by atoms with Crippen molar-refractivity contribution >= 4 is 44.8 Å². The van der Waals surface area contributed by atoms with E-state index in [-0.39, 0.29) is 23.2 Å². The fraction of sp³-hybridized carbons (Fsp3) is 0.462. The van der Waals surface area contributed by atoms with Gasteiger partial charge >= 0.3 is 0 Å². The number of halogens is 1. The van der Waals surface area contributed by atoms with Crippen molar-refractivity contribution in [1.82, 2.24) is 5.32 Å². The summed E-state index contributed by atoms with van der Waals surface area (Å²) in [5.41, 5.74) is 5.46. The first-order valence-corrected chi connectivity index (χ1v) is 9.57. The molecule has 1 saturated heterocycles. The van der Waals surface area contributed by atoms with Gasteiger partial charge in [0, 0.05) is 4.90 Å². The first-order valence-electron chi connectivity index (χ1n) is 6.38. The lowest BCUT2D eigenvalue weighted by Gasteiger charge is -2.23. The Bertz CT molecular complexity index is 663. The average molecular weight is 349 g/mol. The van der Waals surface area contributed by atoms with Gasteiger partial charge in [-0.2, -0.15) is 0 Å². The number of amides is 1. The van der Waals surface area contributed by atoms with Crippen molar-refractivity contribution in [2.24, 2.45) is 0 Å². The Kier molecular flexibility index (Phi) is 4.75. The second-order valence-corrected chi connectivity index (χ2v) is 9.06. The number of nitrogens with one attached hydrogen (secondary N) is 1. The van der Waals surface area contributed by atoms with E-state index in [1.54, 1.807) is 25.1 Å². The Labute approximate surface area is 133 Å². The van der Waals surface area contributed by atoms with Crippen LogP contribution in [0.5, 0.6) is 0 Å². The molecule has 21 heavy (non-hydrogen) atoms. The highest BCUT2D eigenvalue weighted by atomic mass is 35.5. The van der Waals surface area contributed by atoms with Crippen LogP contribution < -0.4 is 11.1 Å². The lowest BCUT2D eigenvalue weighted by Crippen LogP contribution is -2.47. The summed E-state index contributed by atoms with van der Waals surface area (Å²) in [7, 11) is -3.03. The van der Waals surface area contributed by atoms with E-state index in [4.69, 9.17) is 17.3 Å². The smallest absolute Gasteiger partial charge is 0.230 e. The summed E-state index contributed by atoms with van der Waals surface area (Å²) >= 11 is 7.25. The van der Waals surface area contributed by atoms with E-state index in [0.29, 0.717) is 17.1 Å². The summed E-state index contributed by atoms with van der Waals surface area (Å²) in [5, 5.41) is 3.26. The summed E-state index contributed by atoms with van der Waals surface area (Å²) in [6.45, 7) is 1.76. The van der Waals surface area contributed by atoms with Gasteiger partial charge in [-0.1, -0.05) is 11.6 Å². The number of anilines is 1. The van der Waals surface area contributed by atoms with Crippen molar-refractivity contribution in [3.8, 4) is 0 Å². The van der Waals surface area contributed by atoms with Crippen LogP contribution in [-0.4, -0.2) is 37.1 Å². The average Bonchev–Trinajstić information content (AvgIpc) is 2.65. The molecule has 1 atom stereocenters. The molecule has 1 heterocycles. The van der Waals surface area contributed by atoms with E-state index in [1.165, 1.54) is 11.8 Å². The highest BCUT2D eigenvalue weighted by molar-refractivity contribution is 8.00. The Balaban J connectivity index is 1.89. The molecule has 0 saturated carbocycles. The molecule has 1 aromatic carbocycles. The second kappa shape index (κ2) is 6.06. The molecule has 1 fully saturated rings. The lowest BCUT2D eigenvalue weighted by molar-refractivity contribution is -0.120. The zero-order valence-electron chi connectivity index (χ0n) is 11.6. The monoisotopic (exact) mass is 348 g/mol. The van der Waals surface area contributed by atoms with Crippen molar-refractivity contribution in [2.75, 3.05) is 23.0 Å². The fourth-order valence-corrected chi connectivity index (χ4v) is 5.30. The Hall–Kier alpha value is -0.920. The van der Waals surface area contributed by atoms with Gasteiger partial charge in [-0.3, -0.25) is 4.79 Å². The molecule has 1 aliphatic rings. The number of rotatable bonds is 4. The van der Waals surface area contributed by atoms with Crippen LogP contribution in [0.2, 0.25) is 5.02 Å².